The second kappa shape index (κ2) is 8.32. The highest BCUT2D eigenvalue weighted by molar-refractivity contribution is 7.17. The van der Waals surface area contributed by atoms with E-state index in [1.807, 2.05) is 0 Å². The van der Waals surface area contributed by atoms with Gasteiger partial charge in [0, 0.05) is 0 Å². The van der Waals surface area contributed by atoms with Crippen molar-refractivity contribution in [3.05, 3.63) is 0 Å². The molecule has 0 aromatic heterocycles. The molecule has 0 spiro atoms. The minimum atomic E-state index is 0.118. The van der Waals surface area contributed by atoms with Crippen LogP contribution in [0.2, 0.25) is 0 Å². The third kappa shape index (κ3) is 4.94. The van der Waals surface area contributed by atoms with Gasteiger partial charge < -0.3 is 4.74 Å². The van der Waals surface area contributed by atoms with Gasteiger partial charge >= 0.3 is 5.97 Å². The highest BCUT2D eigenvalue weighted by Gasteiger charge is 2.34. The molecule has 0 aliphatic heterocycles. The highest BCUT2D eigenvalue weighted by Crippen LogP contribution is 2.41. The van der Waals surface area contributed by atoms with E-state index in [1.54, 1.807) is 0 Å². The van der Waals surface area contributed by atoms with Gasteiger partial charge in [0.05, 0.1) is 5.92 Å². The van der Waals surface area contributed by atoms with Gasteiger partial charge in [0.2, 0.25) is 0 Å². The smallest absolute Gasteiger partial charge is 0.309 e. The third-order valence-corrected chi connectivity index (χ3v) is 7.50. The first-order valence-electron chi connectivity index (χ1n) is 10.1. The van der Waals surface area contributed by atoms with E-state index in [0.29, 0.717) is 0 Å². The van der Waals surface area contributed by atoms with Gasteiger partial charge in [0.1, 0.15) is 6.10 Å². The van der Waals surface area contributed by atoms with Crippen molar-refractivity contribution in [2.24, 2.45) is 23.7 Å². The summed E-state index contributed by atoms with van der Waals surface area (Å²) in [4.78, 5) is 12.4. The number of hydrogen-bond acceptors (Lipinski definition) is 2. The Hall–Kier alpha value is -0.100. The SMILES string of the molecule is CC1CCC(C2CCC(C(=O)OC3CCC(P)CC3)CC2)CC1. The van der Waals surface area contributed by atoms with Crippen molar-refractivity contribution in [2.75, 3.05) is 0 Å². The molecule has 2 nitrogen and oxygen atoms in total. The monoisotopic (exact) mass is 338 g/mol. The first kappa shape index (κ1) is 17.7. The predicted molar refractivity (Wildman–Crippen MR) is 98.4 cm³/mol. The van der Waals surface area contributed by atoms with Crippen molar-refractivity contribution < 1.29 is 9.53 Å². The Morgan fingerprint density at radius 1 is 0.783 bits per heavy atom. The molecule has 3 aliphatic rings. The van der Waals surface area contributed by atoms with E-state index in [4.69, 9.17) is 4.74 Å². The summed E-state index contributed by atoms with van der Waals surface area (Å²) in [5.41, 5.74) is 0.735. The largest absolute Gasteiger partial charge is 0.462 e. The summed E-state index contributed by atoms with van der Waals surface area (Å²) >= 11 is 0. The topological polar surface area (TPSA) is 26.3 Å². The second-order valence-electron chi connectivity index (χ2n) is 8.61. The van der Waals surface area contributed by atoms with E-state index in [9.17, 15) is 4.79 Å². The Morgan fingerprint density at radius 2 is 1.30 bits per heavy atom. The zero-order valence-corrected chi connectivity index (χ0v) is 16.0. The van der Waals surface area contributed by atoms with Crippen molar-refractivity contribution in [3.8, 4) is 0 Å². The maximum atomic E-state index is 12.4. The average molecular weight is 338 g/mol. The molecule has 0 bridgehead atoms. The van der Waals surface area contributed by atoms with Crippen LogP contribution in [-0.2, 0) is 9.53 Å². The molecule has 3 rings (SSSR count). The highest BCUT2D eigenvalue weighted by atomic mass is 31.0. The van der Waals surface area contributed by atoms with Gasteiger partial charge in [-0.2, -0.15) is 0 Å². The quantitative estimate of drug-likeness (QED) is 0.512. The molecule has 0 amide bonds. The minimum Gasteiger partial charge on any atom is -0.462 e. The summed E-state index contributed by atoms with van der Waals surface area (Å²) in [6.07, 6.45) is 15.1. The third-order valence-electron chi connectivity index (χ3n) is 6.83. The molecule has 0 N–H and O–H groups in total. The molecule has 0 saturated heterocycles. The number of ether oxygens (including phenoxy) is 1. The molecule has 3 saturated carbocycles. The van der Waals surface area contributed by atoms with E-state index < -0.39 is 0 Å². The average Bonchev–Trinajstić information content (AvgIpc) is 2.58. The first-order chi connectivity index (χ1) is 11.1. The zero-order chi connectivity index (χ0) is 16.2. The van der Waals surface area contributed by atoms with Crippen LogP contribution in [0.15, 0.2) is 0 Å². The fourth-order valence-electron chi connectivity index (χ4n) is 5.05. The molecule has 3 aliphatic carbocycles. The van der Waals surface area contributed by atoms with E-state index in [0.717, 1.165) is 49.1 Å². The van der Waals surface area contributed by atoms with E-state index in [2.05, 4.69) is 16.2 Å². The lowest BCUT2D eigenvalue weighted by atomic mass is 9.69. The molecular formula is C20H35O2P. The summed E-state index contributed by atoms with van der Waals surface area (Å²) in [5.74, 6) is 3.09. The van der Waals surface area contributed by atoms with Gasteiger partial charge in [-0.1, -0.05) is 19.8 Å². The summed E-state index contributed by atoms with van der Waals surface area (Å²) < 4.78 is 5.83. The van der Waals surface area contributed by atoms with Crippen LogP contribution >= 0.6 is 9.24 Å². The number of rotatable bonds is 3. The van der Waals surface area contributed by atoms with Crippen LogP contribution in [0.4, 0.5) is 0 Å². The molecule has 1 atom stereocenters. The maximum Gasteiger partial charge on any atom is 0.309 e. The summed E-state index contributed by atoms with van der Waals surface area (Å²) in [5, 5.41) is 0. The Labute approximate surface area is 144 Å². The van der Waals surface area contributed by atoms with Crippen molar-refractivity contribution in [1.29, 1.82) is 0 Å². The second-order valence-corrected chi connectivity index (χ2v) is 9.55. The minimum absolute atomic E-state index is 0.118. The number of hydrogen-bond donors (Lipinski definition) is 0. The van der Waals surface area contributed by atoms with Crippen molar-refractivity contribution >= 4 is 15.2 Å². The van der Waals surface area contributed by atoms with Crippen LogP contribution in [0.1, 0.15) is 84.0 Å². The number of esters is 1. The van der Waals surface area contributed by atoms with Crippen molar-refractivity contribution in [3.63, 3.8) is 0 Å². The maximum absolute atomic E-state index is 12.4. The molecular weight excluding hydrogens is 303 g/mol. The Bertz CT molecular complexity index is 373. The standard InChI is InChI=1S/C20H35O2P/c1-14-2-4-15(5-3-14)16-6-8-17(9-7-16)20(21)22-18-10-12-19(23)13-11-18/h14-19H,2-13,23H2,1H3. The molecule has 1 unspecified atom stereocenters. The van der Waals surface area contributed by atoms with Crippen LogP contribution in [-0.4, -0.2) is 17.7 Å². The zero-order valence-electron chi connectivity index (χ0n) is 14.8. The number of carbonyl (C=O) groups is 1. The Kier molecular flexibility index (Phi) is 6.41. The molecule has 0 aromatic carbocycles. The van der Waals surface area contributed by atoms with Crippen LogP contribution < -0.4 is 0 Å². The molecule has 132 valence electrons. The van der Waals surface area contributed by atoms with Gasteiger partial charge in [-0.25, -0.2) is 0 Å². The number of carbonyl (C=O) groups excluding carboxylic acids is 1. The fraction of sp³-hybridized carbons (Fsp3) is 0.950. The van der Waals surface area contributed by atoms with Crippen LogP contribution in [0, 0.1) is 23.7 Å². The lowest BCUT2D eigenvalue weighted by Crippen LogP contribution is -2.32. The first-order valence-corrected chi connectivity index (χ1v) is 10.7. The molecule has 23 heavy (non-hydrogen) atoms. The molecule has 0 aromatic rings. The molecule has 3 heteroatoms. The van der Waals surface area contributed by atoms with Crippen LogP contribution in [0.3, 0.4) is 0 Å². The van der Waals surface area contributed by atoms with Crippen molar-refractivity contribution in [1.82, 2.24) is 0 Å². The lowest BCUT2D eigenvalue weighted by molar-refractivity contribution is -0.157. The van der Waals surface area contributed by atoms with Crippen LogP contribution in [0.25, 0.3) is 0 Å². The van der Waals surface area contributed by atoms with Gasteiger partial charge in [0.25, 0.3) is 0 Å². The Balaban J connectivity index is 1.39. The van der Waals surface area contributed by atoms with Gasteiger partial charge in [0.15, 0.2) is 0 Å². The molecule has 0 radical (unpaired) electrons. The van der Waals surface area contributed by atoms with E-state index in [-0.39, 0.29) is 18.0 Å². The molecule has 3 fully saturated rings. The fourth-order valence-corrected chi connectivity index (χ4v) is 5.44. The van der Waals surface area contributed by atoms with Gasteiger partial charge in [-0.15, -0.1) is 9.24 Å². The lowest BCUT2D eigenvalue weighted by Gasteiger charge is -2.37. The van der Waals surface area contributed by atoms with E-state index >= 15 is 0 Å². The van der Waals surface area contributed by atoms with Crippen LogP contribution in [0.5, 0.6) is 0 Å². The van der Waals surface area contributed by atoms with Gasteiger partial charge in [-0.05, 0) is 87.6 Å². The summed E-state index contributed by atoms with van der Waals surface area (Å²) in [6, 6.07) is 0. The van der Waals surface area contributed by atoms with E-state index in [1.165, 1.54) is 51.4 Å². The van der Waals surface area contributed by atoms with Crippen molar-refractivity contribution in [2.45, 2.75) is 95.7 Å². The molecule has 0 heterocycles. The summed E-state index contributed by atoms with van der Waals surface area (Å²) in [7, 11) is 2.91. The Morgan fingerprint density at radius 3 is 1.87 bits per heavy atom. The van der Waals surface area contributed by atoms with Gasteiger partial charge in [-0.3, -0.25) is 4.79 Å². The predicted octanol–water partition coefficient (Wildman–Crippen LogP) is 5.35. The summed E-state index contributed by atoms with van der Waals surface area (Å²) in [6.45, 7) is 2.40. The normalized spacial score (nSPS) is 42.2.